The van der Waals surface area contributed by atoms with Gasteiger partial charge in [-0.3, -0.25) is 4.79 Å². The Morgan fingerprint density at radius 3 is 2.89 bits per heavy atom. The molecule has 1 saturated heterocycles. The third-order valence-corrected chi connectivity index (χ3v) is 6.14. The molecule has 0 saturated carbocycles. The number of rotatable bonds is 6. The van der Waals surface area contributed by atoms with Crippen molar-refractivity contribution in [2.75, 3.05) is 51.5 Å². The number of hydrogen-bond acceptors (Lipinski definition) is 6. The predicted molar refractivity (Wildman–Crippen MR) is 139 cm³/mol. The normalized spacial score (nSPS) is 17.5. The van der Waals surface area contributed by atoms with Crippen LogP contribution in [0.5, 0.6) is 5.75 Å². The van der Waals surface area contributed by atoms with Crippen LogP contribution in [0, 0.1) is 24.2 Å². The van der Waals surface area contributed by atoms with Crippen LogP contribution in [-0.2, 0) is 0 Å². The molecule has 3 heterocycles. The first-order valence-electron chi connectivity index (χ1n) is 11.7. The van der Waals surface area contributed by atoms with E-state index in [1.807, 2.05) is 30.1 Å². The van der Waals surface area contributed by atoms with Crippen LogP contribution < -0.4 is 20.7 Å². The van der Waals surface area contributed by atoms with Crippen LogP contribution in [0.3, 0.4) is 0 Å². The quantitative estimate of drug-likeness (QED) is 0.463. The summed E-state index contributed by atoms with van der Waals surface area (Å²) in [5.41, 5.74) is 2.99. The van der Waals surface area contributed by atoms with Gasteiger partial charge in [-0.05, 0) is 49.7 Å². The van der Waals surface area contributed by atoms with Gasteiger partial charge in [0.05, 0.1) is 36.5 Å². The zero-order valence-electron chi connectivity index (χ0n) is 20.6. The largest absolute Gasteiger partial charge is 0.495 e. The number of anilines is 2. The maximum atomic E-state index is 14.6. The topological polar surface area (TPSA) is 82.9 Å². The zero-order chi connectivity index (χ0) is 25.7. The highest BCUT2D eigenvalue weighted by Crippen LogP contribution is 2.26. The molecule has 0 aliphatic carbocycles. The molecule has 2 atom stereocenters. The van der Waals surface area contributed by atoms with Crippen LogP contribution in [0.25, 0.3) is 5.52 Å². The molecule has 0 spiro atoms. The van der Waals surface area contributed by atoms with Gasteiger partial charge in [0.15, 0.2) is 5.69 Å². The molecule has 1 amide bonds. The van der Waals surface area contributed by atoms with Crippen molar-refractivity contribution in [2.45, 2.75) is 18.6 Å². The lowest BCUT2D eigenvalue weighted by Gasteiger charge is -2.33. The number of hydrogen-bond donors (Lipinski definition) is 3. The number of aromatic nitrogens is 2. The average molecular weight is 489 g/mol. The average Bonchev–Trinajstić information content (AvgIpc) is 3.26. The number of nitrogens with zero attached hydrogens (tertiary/aromatic N) is 3. The third-order valence-electron chi connectivity index (χ3n) is 6.14. The summed E-state index contributed by atoms with van der Waals surface area (Å²) in [7, 11) is 5.04. The van der Waals surface area contributed by atoms with Crippen LogP contribution in [0.4, 0.5) is 15.9 Å². The van der Waals surface area contributed by atoms with Gasteiger partial charge in [-0.1, -0.05) is 17.9 Å². The molecule has 186 valence electrons. The third kappa shape index (κ3) is 5.22. The molecule has 1 aliphatic rings. The summed E-state index contributed by atoms with van der Waals surface area (Å²) < 4.78 is 21.7. The molecule has 9 heteroatoms. The number of methoxy groups -OCH3 is 1. The first-order chi connectivity index (χ1) is 17.4. The van der Waals surface area contributed by atoms with E-state index in [1.54, 1.807) is 29.8 Å². The summed E-state index contributed by atoms with van der Waals surface area (Å²) in [6, 6.07) is 10.4. The minimum absolute atomic E-state index is 0.194. The Hall–Kier alpha value is -4.21. The second-order valence-corrected chi connectivity index (χ2v) is 8.54. The molecule has 0 bridgehead atoms. The highest BCUT2D eigenvalue weighted by molar-refractivity contribution is 5.95. The maximum Gasteiger partial charge on any atom is 0.251 e. The van der Waals surface area contributed by atoms with Crippen molar-refractivity contribution >= 4 is 22.9 Å². The van der Waals surface area contributed by atoms with Crippen LogP contribution in [-0.4, -0.2) is 73.5 Å². The number of halogens is 1. The number of carbonyl (C=O) groups excluding carboxylic acids is 1. The number of ether oxygens (including phenoxy) is 1. The first kappa shape index (κ1) is 24.9. The highest BCUT2D eigenvalue weighted by atomic mass is 19.1. The Bertz CT molecular complexity index is 1370. The Kier molecular flexibility index (Phi) is 7.62. The molecule has 3 aromatic rings. The number of piperidine rings is 1. The summed E-state index contributed by atoms with van der Waals surface area (Å²) in [4.78, 5) is 13.8. The number of alkyl halides is 1. The van der Waals surface area contributed by atoms with E-state index in [0.717, 1.165) is 12.1 Å². The van der Waals surface area contributed by atoms with Gasteiger partial charge in [-0.15, -0.1) is 6.42 Å². The van der Waals surface area contributed by atoms with Crippen molar-refractivity contribution in [1.82, 2.24) is 19.8 Å². The van der Waals surface area contributed by atoms with Gasteiger partial charge in [0.2, 0.25) is 0 Å². The molecule has 4 rings (SSSR count). The fraction of sp³-hybridized carbons (Fsp3) is 0.333. The second kappa shape index (κ2) is 11.0. The molecular formula is C27H29FN6O2. The molecule has 8 nitrogen and oxygen atoms in total. The predicted octanol–water partition coefficient (Wildman–Crippen LogP) is 2.60. The van der Waals surface area contributed by atoms with Crippen LogP contribution in [0.2, 0.25) is 0 Å². The van der Waals surface area contributed by atoms with Crippen molar-refractivity contribution in [3.63, 3.8) is 0 Å². The molecule has 1 aliphatic heterocycles. The van der Waals surface area contributed by atoms with Crippen molar-refractivity contribution in [3.05, 3.63) is 53.2 Å². The lowest BCUT2D eigenvalue weighted by molar-refractivity contribution is 0.0962. The van der Waals surface area contributed by atoms with Crippen molar-refractivity contribution in [3.8, 4) is 29.9 Å². The molecule has 0 unspecified atom stereocenters. The fourth-order valence-electron chi connectivity index (χ4n) is 4.21. The van der Waals surface area contributed by atoms with Gasteiger partial charge >= 0.3 is 0 Å². The van der Waals surface area contributed by atoms with Crippen molar-refractivity contribution in [1.29, 1.82) is 0 Å². The number of carbonyl (C=O) groups is 1. The number of nitrogens with one attached hydrogen (secondary N) is 3. The van der Waals surface area contributed by atoms with E-state index in [2.05, 4.69) is 38.8 Å². The van der Waals surface area contributed by atoms with Crippen LogP contribution in [0.1, 0.15) is 28.0 Å². The van der Waals surface area contributed by atoms with E-state index in [0.29, 0.717) is 53.6 Å². The van der Waals surface area contributed by atoms with Gasteiger partial charge in [0, 0.05) is 25.7 Å². The Morgan fingerprint density at radius 2 is 2.17 bits per heavy atom. The molecule has 2 aromatic heterocycles. The standard InChI is InChI=1S/C27H29FN6O2/c1-5-19-21(8-7-14-30-23-12-11-18(27(35)29-2)16-25(23)36-4)32-34-24(19)9-6-10-26(34)31-22-13-15-33(3)17-20(22)28/h1,6,9-12,16,20,22,30-31H,13-15,17H2,2-4H3,(H,29,35)/t20-,22+/m0/s1. The van der Waals surface area contributed by atoms with Gasteiger partial charge < -0.3 is 25.6 Å². The summed E-state index contributed by atoms with van der Waals surface area (Å²) >= 11 is 0. The smallest absolute Gasteiger partial charge is 0.251 e. The van der Waals surface area contributed by atoms with Crippen LogP contribution in [0.15, 0.2) is 36.4 Å². The fourth-order valence-corrected chi connectivity index (χ4v) is 4.21. The molecule has 1 fully saturated rings. The van der Waals surface area contributed by atoms with E-state index in [4.69, 9.17) is 11.2 Å². The number of amides is 1. The number of pyridine rings is 1. The monoisotopic (exact) mass is 488 g/mol. The number of benzene rings is 1. The minimum atomic E-state index is -0.977. The SMILES string of the molecule is C#Cc1c(C#CCNc2ccc(C(=O)NC)cc2OC)nn2c(N[C@@H]3CCN(C)C[C@@H]3F)cccc12. The summed E-state index contributed by atoms with van der Waals surface area (Å²) in [5, 5.41) is 13.7. The summed E-state index contributed by atoms with van der Waals surface area (Å²) in [6.45, 7) is 1.52. The van der Waals surface area contributed by atoms with Crippen molar-refractivity contribution in [2.24, 2.45) is 0 Å². The van der Waals surface area contributed by atoms with E-state index in [9.17, 15) is 9.18 Å². The van der Waals surface area contributed by atoms with Gasteiger partial charge in [0.25, 0.3) is 5.91 Å². The molecule has 0 radical (unpaired) electrons. The number of likely N-dealkylation sites (tertiary alicyclic amines) is 1. The lowest BCUT2D eigenvalue weighted by Crippen LogP contribution is -2.46. The number of terminal acetylenes is 1. The summed E-state index contributed by atoms with van der Waals surface area (Å²) in [5.74, 6) is 9.79. The molecule has 36 heavy (non-hydrogen) atoms. The number of fused-ring (bicyclic) bond motifs is 1. The van der Waals surface area contributed by atoms with E-state index < -0.39 is 6.17 Å². The zero-order valence-corrected chi connectivity index (χ0v) is 20.6. The Morgan fingerprint density at radius 1 is 1.33 bits per heavy atom. The molecule has 3 N–H and O–H groups in total. The highest BCUT2D eigenvalue weighted by Gasteiger charge is 2.28. The minimum Gasteiger partial charge on any atom is -0.495 e. The van der Waals surface area contributed by atoms with Gasteiger partial charge in [0.1, 0.15) is 17.7 Å². The van der Waals surface area contributed by atoms with Gasteiger partial charge in [-0.25, -0.2) is 8.91 Å². The lowest BCUT2D eigenvalue weighted by atomic mass is 10.0. The van der Waals surface area contributed by atoms with E-state index in [-0.39, 0.29) is 11.9 Å². The maximum absolute atomic E-state index is 14.6. The Labute approximate surface area is 210 Å². The second-order valence-electron chi connectivity index (χ2n) is 8.54. The molecule has 1 aromatic carbocycles. The van der Waals surface area contributed by atoms with E-state index in [1.165, 1.54) is 7.11 Å². The first-order valence-corrected chi connectivity index (χ1v) is 11.7. The Balaban J connectivity index is 1.52. The molecular weight excluding hydrogens is 459 g/mol. The van der Waals surface area contributed by atoms with E-state index >= 15 is 0 Å². The van der Waals surface area contributed by atoms with Crippen LogP contribution >= 0.6 is 0 Å². The van der Waals surface area contributed by atoms with Gasteiger partial charge in [-0.2, -0.15) is 5.10 Å². The summed E-state index contributed by atoms with van der Waals surface area (Å²) in [6.07, 6.45) is 5.51. The van der Waals surface area contributed by atoms with Crippen molar-refractivity contribution < 1.29 is 13.9 Å².